The number of nitrogens with one attached hydrogen (secondary N) is 2. The van der Waals surface area contributed by atoms with E-state index in [1.165, 1.54) is 23.5 Å². The van der Waals surface area contributed by atoms with Crippen LogP contribution < -0.4 is 42.1 Å². The summed E-state index contributed by atoms with van der Waals surface area (Å²) < 4.78 is 43.7. The van der Waals surface area contributed by atoms with Crippen LogP contribution in [0.25, 0.3) is 0 Å². The average Bonchev–Trinajstić information content (AvgIpc) is 0.514. The summed E-state index contributed by atoms with van der Waals surface area (Å²) in [5.41, 5.74) is 0.836. The zero-order chi connectivity index (χ0) is 99.6. The standard InChI is InChI=1S/C22H34ClNO4.C17H22ClNO3.C17H26ClNO2.C13H24N2O4.C11H19NO4.C6H4BrCl.C5H11O.C4H9.C2H7NO.CH3I.2ClH.Li.Mg.H2S/c1-21(2,3)28-20(25)24-13-8-10-18(16-24)22(26,12-5-6-14-27-4)17-9-7-11-19(23)15-17;1-17(2,3)22-16(21)19-9-5-7-13(11-19)15(20)12-6-4-8-14(18)10-12;1-21-11-3-2-9-17(20,15-7-5-10-19-13-15)14-6-4-8-16(18)12-14;1-13(2,3)19-12(17)15-8-6-7-10(9-15)11(16)14(4)18-5;1-11(2,3)16-10(15)12-6-4-5-8(7-12)9(13)14;7-5-2-1-3-6(8)4-5;1-3-4-5-6-2;2*1-3-4-2;1-2;;;;;/h7,9,11,15,18,26H,5-6,8,10,12-14,16H2,1-4H3;4,6,8,10,13H,5,7,9,11H2,1-3H3;4,6,8,12,15,19-20H,2-3,5,7,9-11,13H2,1H3;10H,6-9H2,1-5H3;8H,4-7H2,1-3H3,(H,13,14);1-4H;1,3-5H2,2H3;1,3-4H2,2H3;3H,1-2H3;1H3;2*1H;;;1H2/q;;;;;;2*-1;;;;;+1;+2;/p-1/t18-,22-;13-;15-,17-;10-;8-;;;;;;;;;;/m11111........../s1/i;;;;;;;;;1D;;;;;. The minimum atomic E-state index is -1.04. The molecule has 26 nitrogen and oxygen atoms in total. The van der Waals surface area contributed by atoms with Gasteiger partial charge in [-0.15, -0.1) is 12.4 Å². The van der Waals surface area contributed by atoms with Crippen molar-refractivity contribution in [2.24, 2.45) is 29.6 Å². The summed E-state index contributed by atoms with van der Waals surface area (Å²) in [5.74, 6) is -1.60. The third-order valence-corrected chi connectivity index (χ3v) is 22.0. The number of nitrogens with zero attached hydrogens (tertiary/aromatic N) is 5. The van der Waals surface area contributed by atoms with Gasteiger partial charge >= 0.3 is 72.3 Å². The Balaban J connectivity index is -0.000000364. The zero-order valence-electron chi connectivity index (χ0n) is 85.5. The van der Waals surface area contributed by atoms with Gasteiger partial charge in [-0.2, -0.15) is 26.3 Å². The van der Waals surface area contributed by atoms with Crippen LogP contribution in [0.15, 0.2) is 102 Å². The molecule has 4 aromatic carbocycles. The number of Topliss-reactive ketones (excluding diaryl/α,β-unsaturated/α-hetero) is 1. The fourth-order valence-corrected chi connectivity index (χ4v) is 15.3. The average molecular weight is 2230 g/mol. The maximum Gasteiger partial charge on any atom is 2.00 e. The second-order valence-corrected chi connectivity index (χ2v) is 38.7. The van der Waals surface area contributed by atoms with Gasteiger partial charge in [0.2, 0.25) is 0 Å². The zero-order valence-corrected chi connectivity index (χ0v) is 95.2. The predicted molar refractivity (Wildman–Crippen MR) is 558 cm³/mol. The quantitative estimate of drug-likeness (QED) is 0.00636. The molecule has 5 amide bonds. The summed E-state index contributed by atoms with van der Waals surface area (Å²) in [4.78, 5) is 99.9. The topological polar surface area (TPSA) is 304 Å². The number of amides is 5. The Kier molecular flexibility index (Phi) is 81.4. The predicted octanol–water partition coefficient (Wildman–Crippen LogP) is 16.8. The van der Waals surface area contributed by atoms with Crippen LogP contribution in [0, 0.1) is 43.4 Å². The molecule has 0 spiro atoms. The van der Waals surface area contributed by atoms with Crippen molar-refractivity contribution >= 4 is 176 Å². The minimum Gasteiger partial charge on any atom is -1.00 e. The fraction of sp³-hybridized carbons (Fsp3) is 0.663. The molecule has 5 aliphatic heterocycles. The Morgan fingerprint density at radius 3 is 1.21 bits per heavy atom. The third kappa shape index (κ3) is 62.9. The van der Waals surface area contributed by atoms with Crippen molar-refractivity contribution in [3.63, 3.8) is 0 Å². The first-order chi connectivity index (χ1) is 61.6. The Bertz CT molecular complexity index is 3830. The van der Waals surface area contributed by atoms with E-state index in [1.54, 1.807) is 102 Å². The van der Waals surface area contributed by atoms with Gasteiger partial charge in [-0.05, 0) is 263 Å². The van der Waals surface area contributed by atoms with E-state index in [2.05, 4.69) is 52.3 Å². The molecule has 5 heterocycles. The molecule has 4 aromatic rings. The number of aliphatic carboxylic acids is 1. The van der Waals surface area contributed by atoms with Gasteiger partial charge in [0.25, 0.3) is 5.91 Å². The van der Waals surface area contributed by atoms with E-state index in [9.17, 15) is 43.8 Å². The second kappa shape index (κ2) is 78.3. The molecule has 0 bridgehead atoms. The first-order valence-electron chi connectivity index (χ1n) is 45.7. The molecule has 0 unspecified atom stereocenters. The van der Waals surface area contributed by atoms with Crippen LogP contribution in [-0.2, 0) is 63.6 Å². The number of hydroxylamine groups is 3. The largest absolute Gasteiger partial charge is 2.00 e. The van der Waals surface area contributed by atoms with E-state index in [-0.39, 0.29) is 140 Å². The Labute approximate surface area is 901 Å². The number of unbranched alkanes of at least 4 members (excludes halogenated alkanes) is 4. The number of ketones is 1. The molecule has 5 fully saturated rings. The molecule has 135 heavy (non-hydrogen) atoms. The molecule has 37 heteroatoms. The number of hydrogen-bond acceptors (Lipinski definition) is 20. The number of aliphatic hydroxyl groups is 2. The molecule has 5 aliphatic rings. The normalized spacial score (nSPS) is 17.6. The minimum absolute atomic E-state index is 0. The summed E-state index contributed by atoms with van der Waals surface area (Å²) in [7, 11) is 11.4. The van der Waals surface area contributed by atoms with E-state index in [0.29, 0.717) is 90.8 Å². The van der Waals surface area contributed by atoms with Gasteiger partial charge in [0.05, 0.1) is 37.3 Å². The molecule has 0 aromatic heterocycles. The molecule has 5 saturated heterocycles. The first-order valence-corrected chi connectivity index (χ1v) is 48.8. The van der Waals surface area contributed by atoms with Gasteiger partial charge in [0.15, 0.2) is 5.78 Å². The fourth-order valence-electron chi connectivity index (χ4n) is 14.0. The Hall–Kier alpha value is -3.13. The van der Waals surface area contributed by atoms with Crippen LogP contribution in [0.2, 0.25) is 20.1 Å². The van der Waals surface area contributed by atoms with E-state index < -0.39 is 51.6 Å². The number of carbonyl (C=O) groups is 7. The smallest absolute Gasteiger partial charge is 1.00 e. The number of ether oxygens (including phenoxy) is 7. The van der Waals surface area contributed by atoms with Crippen molar-refractivity contribution in [3.8, 4) is 0 Å². The maximum absolute atomic E-state index is 12.6. The van der Waals surface area contributed by atoms with Crippen LogP contribution in [0.5, 0.6) is 0 Å². The molecule has 0 saturated carbocycles. The monoisotopic (exact) mass is 2220 g/mol. The molecular weight excluding hydrogens is 2060 g/mol. The van der Waals surface area contributed by atoms with Crippen molar-refractivity contribution in [1.82, 2.24) is 35.5 Å². The van der Waals surface area contributed by atoms with Gasteiger partial charge < -0.3 is 104 Å². The van der Waals surface area contributed by atoms with E-state index >= 15 is 0 Å². The number of carboxylic acid groups (broad SMARTS) is 1. The van der Waals surface area contributed by atoms with Crippen LogP contribution >= 0.6 is 111 Å². The Morgan fingerprint density at radius 2 is 0.881 bits per heavy atom. The molecule has 7 atom stereocenters. The number of methoxy groups -OCH3 is 3. The SMILES string of the molecule is CC(C)(C)OC(=O)N1CCC[C@@H](C(=O)O)C1.CC(C)(C)OC(=O)N1CCC[C@@H](C(=O)c2cccc(Cl)c2)C1.CNOC.COCCCC[C@@](O)(c1cccc(Cl)c1)[C@@H]1CCCN(C(=O)OC(C)(C)C)C1.COCCCC[C@@](O)(c1cccc(Cl)c1)[C@@H]1CCCNC1.CON(C)C(=O)[C@@H]1CCCN(C(=O)OC(C)(C)C)C1.Cl.Clc1cccc(Br)c1.S.[2H]CI.[CH2-]CCC.[CH2-]CCCOC.[Cl-].[Li+].[Mg+2]. The Morgan fingerprint density at radius 1 is 0.541 bits per heavy atom. The van der Waals surface area contributed by atoms with Gasteiger partial charge in [-0.1, -0.05) is 147 Å². The van der Waals surface area contributed by atoms with Crippen molar-refractivity contribution < 1.29 is 124 Å². The maximum atomic E-state index is 12.6. The molecular formula is C98H162BrCl6ILiMgN7O19S. The first kappa shape index (κ1) is 140. The van der Waals surface area contributed by atoms with Crippen LogP contribution in [-0.4, -0.2) is 267 Å². The number of carboxylic acids is 1. The van der Waals surface area contributed by atoms with Crippen molar-refractivity contribution in [3.05, 3.63) is 152 Å². The summed E-state index contributed by atoms with van der Waals surface area (Å²) in [6, 6.07) is 29.6. The number of alkyl halides is 1. The van der Waals surface area contributed by atoms with Crippen LogP contribution in [0.1, 0.15) is 241 Å². The summed E-state index contributed by atoms with van der Waals surface area (Å²) in [6.07, 6.45) is 16.3. The summed E-state index contributed by atoms with van der Waals surface area (Å²) in [6.45, 7) is 39.5. The molecule has 0 aliphatic carbocycles. The van der Waals surface area contributed by atoms with E-state index in [4.69, 9.17) is 90.9 Å². The molecule has 9 rings (SSSR count). The summed E-state index contributed by atoms with van der Waals surface area (Å²) in [5, 5.41) is 39.3. The van der Waals surface area contributed by atoms with Gasteiger partial charge in [0.1, 0.15) is 22.4 Å². The third-order valence-electron chi connectivity index (χ3n) is 20.6. The van der Waals surface area contributed by atoms with Gasteiger partial charge in [0, 0.05) is 163 Å². The number of benzene rings is 4. The molecule has 5 N–H and O–H groups in total. The van der Waals surface area contributed by atoms with Crippen molar-refractivity contribution in [1.29, 1.82) is 0 Å². The van der Waals surface area contributed by atoms with E-state index in [0.717, 1.165) is 156 Å². The second-order valence-electron chi connectivity index (χ2n) is 36.0. The number of rotatable bonds is 24. The van der Waals surface area contributed by atoms with Crippen molar-refractivity contribution in [2.75, 3.05) is 140 Å². The van der Waals surface area contributed by atoms with Crippen molar-refractivity contribution in [2.45, 2.75) is 252 Å². The van der Waals surface area contributed by atoms with Crippen LogP contribution in [0.3, 0.4) is 0 Å². The number of carbonyl (C=O) groups excluding carboxylic acids is 6. The van der Waals surface area contributed by atoms with Gasteiger partial charge in [-0.3, -0.25) is 19.2 Å². The van der Waals surface area contributed by atoms with E-state index in [1.807, 2.05) is 158 Å². The number of likely N-dealkylation sites (tertiary alicyclic amines) is 4. The molecule has 768 valence electrons. The number of halogens is 8. The van der Waals surface area contributed by atoms with Gasteiger partial charge in [-0.25, -0.2) is 29.7 Å². The number of hydrogen-bond donors (Lipinski definition) is 5. The summed E-state index contributed by atoms with van der Waals surface area (Å²) >= 11 is 29.1. The molecule has 0 radical (unpaired) electrons. The van der Waals surface area contributed by atoms with Crippen LogP contribution in [0.4, 0.5) is 19.2 Å². The number of piperidine rings is 5.